The summed E-state index contributed by atoms with van der Waals surface area (Å²) in [4.78, 5) is 31.0. The van der Waals surface area contributed by atoms with Crippen molar-refractivity contribution in [3.8, 4) is 0 Å². The van der Waals surface area contributed by atoms with Crippen LogP contribution in [0.4, 0.5) is 0 Å². The lowest BCUT2D eigenvalue weighted by molar-refractivity contribution is -0.136. The third-order valence-corrected chi connectivity index (χ3v) is 7.49. The molecule has 0 aromatic rings. The summed E-state index contributed by atoms with van der Waals surface area (Å²) >= 11 is 0. The Hall–Kier alpha value is -0.310. The van der Waals surface area contributed by atoms with Gasteiger partial charge in [-0.1, -0.05) is 0 Å². The summed E-state index contributed by atoms with van der Waals surface area (Å²) in [7, 11) is 0. The molecule has 2 saturated carbocycles. The van der Waals surface area contributed by atoms with Crippen molar-refractivity contribution in [2.75, 3.05) is 39.3 Å². The fourth-order valence-electron chi connectivity index (χ4n) is 5.45. The molecule has 3 atom stereocenters. The fraction of sp³-hybridized carbons (Fsp3) is 0.905. The van der Waals surface area contributed by atoms with Gasteiger partial charge in [-0.3, -0.25) is 19.4 Å². The molecule has 10 heteroatoms. The Morgan fingerprint density at radius 1 is 0.839 bits per heavy atom. The first kappa shape index (κ1) is 26.9. The molecule has 0 spiro atoms. The first-order valence-corrected chi connectivity index (χ1v) is 11.4. The number of likely N-dealkylation sites (tertiary alicyclic amines) is 2. The highest BCUT2D eigenvalue weighted by Crippen LogP contribution is 2.33. The van der Waals surface area contributed by atoms with Crippen LogP contribution in [-0.4, -0.2) is 85.1 Å². The molecule has 5 aliphatic rings. The summed E-state index contributed by atoms with van der Waals surface area (Å²) in [5, 5.41) is 9.85. The highest BCUT2D eigenvalue weighted by molar-refractivity contribution is 5.90. The van der Waals surface area contributed by atoms with Gasteiger partial charge in [0.05, 0.1) is 5.41 Å². The van der Waals surface area contributed by atoms with Crippen molar-refractivity contribution in [2.24, 2.45) is 5.41 Å². The molecule has 3 N–H and O–H groups in total. The lowest BCUT2D eigenvalue weighted by atomic mass is 9.81. The Morgan fingerprint density at radius 2 is 1.39 bits per heavy atom. The van der Waals surface area contributed by atoms with Gasteiger partial charge in [-0.05, 0) is 51.5 Å². The van der Waals surface area contributed by atoms with Gasteiger partial charge in [0.2, 0.25) is 11.8 Å². The van der Waals surface area contributed by atoms with Crippen LogP contribution in [0.3, 0.4) is 0 Å². The smallest absolute Gasteiger partial charge is 0.228 e. The van der Waals surface area contributed by atoms with E-state index in [2.05, 4.69) is 25.8 Å². The van der Waals surface area contributed by atoms with Gasteiger partial charge in [0.1, 0.15) is 0 Å². The van der Waals surface area contributed by atoms with E-state index < -0.39 is 5.41 Å². The normalized spacial score (nSPS) is 33.2. The maximum atomic E-state index is 13.2. The van der Waals surface area contributed by atoms with Gasteiger partial charge in [0.25, 0.3) is 0 Å². The van der Waals surface area contributed by atoms with Crippen LogP contribution in [0.1, 0.15) is 51.4 Å². The molecule has 7 nitrogen and oxygen atoms in total. The van der Waals surface area contributed by atoms with Crippen LogP contribution < -0.4 is 16.0 Å². The van der Waals surface area contributed by atoms with E-state index in [-0.39, 0.29) is 61.1 Å². The minimum atomic E-state index is -0.578. The Kier molecular flexibility index (Phi) is 9.74. The zero-order valence-corrected chi connectivity index (χ0v) is 20.6. The monoisotopic (exact) mass is 497 g/mol. The van der Waals surface area contributed by atoms with E-state index in [0.717, 1.165) is 64.1 Å². The van der Waals surface area contributed by atoms with Crippen LogP contribution in [0.15, 0.2) is 0 Å². The van der Waals surface area contributed by atoms with E-state index in [1.807, 2.05) is 0 Å². The number of hydrogen-bond acceptors (Lipinski definition) is 5. The largest absolute Gasteiger partial charge is 0.352 e. The first-order chi connectivity index (χ1) is 13.6. The van der Waals surface area contributed by atoms with Gasteiger partial charge < -0.3 is 16.0 Å². The van der Waals surface area contributed by atoms with Gasteiger partial charge in [0.15, 0.2) is 0 Å². The second-order valence-electron chi connectivity index (χ2n) is 9.85. The van der Waals surface area contributed by atoms with Crippen LogP contribution in [0.25, 0.3) is 0 Å². The van der Waals surface area contributed by atoms with E-state index in [4.69, 9.17) is 0 Å². The molecule has 5 rings (SSSR count). The zero-order chi connectivity index (χ0) is 19.1. The van der Waals surface area contributed by atoms with Crippen molar-refractivity contribution in [1.29, 1.82) is 0 Å². The van der Waals surface area contributed by atoms with Gasteiger partial charge in [0, 0.05) is 63.3 Å². The lowest BCUT2D eigenvalue weighted by Crippen LogP contribution is -2.50. The molecule has 3 saturated heterocycles. The molecular weight excluding hydrogens is 461 g/mol. The van der Waals surface area contributed by atoms with Crippen molar-refractivity contribution < 1.29 is 9.59 Å². The number of carbonyl (C=O) groups is 2. The van der Waals surface area contributed by atoms with Gasteiger partial charge in [-0.25, -0.2) is 0 Å². The van der Waals surface area contributed by atoms with Gasteiger partial charge >= 0.3 is 0 Å². The molecule has 3 unspecified atom stereocenters. The van der Waals surface area contributed by atoms with Crippen molar-refractivity contribution in [2.45, 2.75) is 75.5 Å². The first-order valence-electron chi connectivity index (χ1n) is 11.4. The number of amides is 2. The highest BCUT2D eigenvalue weighted by atomic mass is 35.5. The molecule has 3 aliphatic heterocycles. The van der Waals surface area contributed by atoms with Crippen molar-refractivity contribution in [1.82, 2.24) is 25.8 Å². The van der Waals surface area contributed by atoms with E-state index in [0.29, 0.717) is 13.0 Å². The highest BCUT2D eigenvalue weighted by Gasteiger charge is 2.45. The van der Waals surface area contributed by atoms with Crippen LogP contribution in [-0.2, 0) is 9.59 Å². The molecule has 31 heavy (non-hydrogen) atoms. The predicted octanol–water partition coefficient (Wildman–Crippen LogP) is 1.33. The average Bonchev–Trinajstić information content (AvgIpc) is 3.57. The van der Waals surface area contributed by atoms with E-state index in [1.165, 1.54) is 25.7 Å². The number of nitrogens with zero attached hydrogens (tertiary/aromatic N) is 2. The number of hydrogen-bond donors (Lipinski definition) is 3. The minimum absolute atomic E-state index is 0. The Balaban J connectivity index is 0.00000114. The van der Waals surface area contributed by atoms with Crippen LogP contribution in [0, 0.1) is 5.41 Å². The molecule has 2 aliphatic carbocycles. The molecule has 0 aromatic heterocycles. The van der Waals surface area contributed by atoms with E-state index in [9.17, 15) is 9.59 Å². The lowest BCUT2D eigenvalue weighted by Gasteiger charge is -2.29. The summed E-state index contributed by atoms with van der Waals surface area (Å²) in [5.74, 6) is 0.133. The molecule has 0 bridgehead atoms. The Labute approximate surface area is 204 Å². The van der Waals surface area contributed by atoms with Crippen molar-refractivity contribution >= 4 is 49.0 Å². The van der Waals surface area contributed by atoms with Crippen molar-refractivity contribution in [3.05, 3.63) is 0 Å². The Morgan fingerprint density at radius 3 is 1.87 bits per heavy atom. The second kappa shape index (κ2) is 11.2. The van der Waals surface area contributed by atoms with Gasteiger partial charge in [-0.15, -0.1) is 37.2 Å². The summed E-state index contributed by atoms with van der Waals surface area (Å²) in [6.07, 6.45) is 8.40. The molecular formula is C21H38Cl3N5O2. The summed E-state index contributed by atoms with van der Waals surface area (Å²) in [5.41, 5.74) is -0.578. The Bertz CT molecular complexity index is 626. The quantitative estimate of drug-likeness (QED) is 0.494. The van der Waals surface area contributed by atoms with Crippen LogP contribution >= 0.6 is 37.2 Å². The van der Waals surface area contributed by atoms with Gasteiger partial charge in [-0.2, -0.15) is 0 Å². The molecule has 3 heterocycles. The number of carbonyl (C=O) groups excluding carboxylic acids is 2. The van der Waals surface area contributed by atoms with E-state index in [1.54, 1.807) is 0 Å². The maximum absolute atomic E-state index is 13.2. The van der Waals surface area contributed by atoms with Crippen molar-refractivity contribution in [3.63, 3.8) is 0 Å². The van der Waals surface area contributed by atoms with Crippen LogP contribution in [0.2, 0.25) is 0 Å². The summed E-state index contributed by atoms with van der Waals surface area (Å²) in [6, 6.07) is 2.02. The third-order valence-electron chi connectivity index (χ3n) is 7.49. The zero-order valence-electron chi connectivity index (χ0n) is 18.1. The van der Waals surface area contributed by atoms with E-state index >= 15 is 0 Å². The summed E-state index contributed by atoms with van der Waals surface area (Å²) < 4.78 is 0. The molecule has 0 radical (unpaired) electrons. The number of rotatable bonds is 7. The molecule has 180 valence electrons. The maximum Gasteiger partial charge on any atom is 0.228 e. The minimum Gasteiger partial charge on any atom is -0.352 e. The topological polar surface area (TPSA) is 76.7 Å². The van der Waals surface area contributed by atoms with Crippen LogP contribution in [0.5, 0.6) is 0 Å². The summed E-state index contributed by atoms with van der Waals surface area (Å²) in [6.45, 7) is 5.59. The number of halogens is 3. The fourth-order valence-corrected chi connectivity index (χ4v) is 5.45. The predicted molar refractivity (Wildman–Crippen MR) is 129 cm³/mol. The molecule has 5 fully saturated rings. The molecule has 2 amide bonds. The number of nitrogens with one attached hydrogen (secondary N) is 3. The molecule has 0 aromatic carbocycles. The standard InChI is InChI=1S/C21H35N5O2.3ClH/c27-19(23-15-5-9-25(12-15)17-1-2-17)11-21(7-8-22-14-21)20(28)24-16-6-10-26(13-16)18-3-4-18;;;/h15-18,22H,1-14H2,(H,23,27)(H,24,28);3*1H. The second-order valence-corrected chi connectivity index (χ2v) is 9.85. The SMILES string of the molecule is Cl.Cl.Cl.O=C(CC1(C(=O)NC2CCN(C3CC3)C2)CCNC1)NC1CCN(C2CC2)C1. The average molecular weight is 499 g/mol. The third kappa shape index (κ3) is 6.39.